The van der Waals surface area contributed by atoms with Gasteiger partial charge in [-0.3, -0.25) is 0 Å². The van der Waals surface area contributed by atoms with Gasteiger partial charge in [0, 0.05) is 17.8 Å². The molecule has 5 heteroatoms. The van der Waals surface area contributed by atoms with Crippen LogP contribution in [0.15, 0.2) is 0 Å². The highest BCUT2D eigenvalue weighted by molar-refractivity contribution is 7.91. The summed E-state index contributed by atoms with van der Waals surface area (Å²) in [5.41, 5.74) is 0.250. The predicted octanol–water partition coefficient (Wildman–Crippen LogP) is 1.28. The lowest BCUT2D eigenvalue weighted by Crippen LogP contribution is -2.51. The van der Waals surface area contributed by atoms with Crippen molar-refractivity contribution in [2.45, 2.75) is 45.1 Å². The van der Waals surface area contributed by atoms with Crippen LogP contribution in [0.1, 0.15) is 39.5 Å². The van der Waals surface area contributed by atoms with E-state index in [1.165, 1.54) is 19.3 Å². The zero-order valence-corrected chi connectivity index (χ0v) is 13.1. The summed E-state index contributed by atoms with van der Waals surface area (Å²) in [7, 11) is -2.80. The Bertz CT molecular complexity index is 392. The first-order chi connectivity index (χ1) is 8.95. The summed E-state index contributed by atoms with van der Waals surface area (Å²) >= 11 is 0. The lowest BCUT2D eigenvalue weighted by molar-refractivity contribution is 0.201. The van der Waals surface area contributed by atoms with Gasteiger partial charge in [-0.1, -0.05) is 6.92 Å². The average molecular weight is 288 g/mol. The third-order valence-electron chi connectivity index (χ3n) is 4.58. The Kier molecular flexibility index (Phi) is 4.90. The van der Waals surface area contributed by atoms with Crippen LogP contribution in [0.25, 0.3) is 0 Å². The second-order valence-corrected chi connectivity index (χ2v) is 8.81. The van der Waals surface area contributed by atoms with E-state index >= 15 is 0 Å². The number of rotatable bonds is 6. The van der Waals surface area contributed by atoms with Gasteiger partial charge in [0.05, 0.1) is 5.75 Å². The summed E-state index contributed by atoms with van der Waals surface area (Å²) in [5, 5.41) is 3.71. The van der Waals surface area contributed by atoms with Crippen molar-refractivity contribution in [3.8, 4) is 0 Å². The minimum Gasteiger partial charge on any atom is -0.310 e. The Morgan fingerprint density at radius 3 is 2.74 bits per heavy atom. The fourth-order valence-electron chi connectivity index (χ4n) is 3.11. The summed E-state index contributed by atoms with van der Waals surface area (Å²) in [6, 6.07) is 0. The van der Waals surface area contributed by atoms with Crippen molar-refractivity contribution < 1.29 is 8.42 Å². The van der Waals surface area contributed by atoms with Crippen LogP contribution in [0.3, 0.4) is 0 Å². The maximum Gasteiger partial charge on any atom is 0.150 e. The molecule has 112 valence electrons. The van der Waals surface area contributed by atoms with Gasteiger partial charge in [0.15, 0.2) is 0 Å². The van der Waals surface area contributed by atoms with E-state index in [0.717, 1.165) is 38.5 Å². The Labute approximate surface area is 117 Å². The van der Waals surface area contributed by atoms with Crippen LogP contribution < -0.4 is 5.32 Å². The summed E-state index contributed by atoms with van der Waals surface area (Å²) in [5.74, 6) is 1.44. The molecule has 1 unspecified atom stereocenters. The lowest BCUT2D eigenvalue weighted by atomic mass is 9.95. The maximum atomic E-state index is 11.5. The molecule has 1 heterocycles. The first kappa shape index (κ1) is 15.3. The summed E-state index contributed by atoms with van der Waals surface area (Å²) in [6.07, 6.45) is 4.64. The molecule has 0 bridgehead atoms. The van der Waals surface area contributed by atoms with Crippen LogP contribution in [0.2, 0.25) is 0 Å². The molecule has 1 aliphatic carbocycles. The SMILES string of the molecule is CCS(=O)(=O)CCCN1CCCNC(C)(C2CC2)C1. The van der Waals surface area contributed by atoms with E-state index in [1.54, 1.807) is 6.92 Å². The molecule has 19 heavy (non-hydrogen) atoms. The standard InChI is InChI=1S/C14H28N2O2S/c1-3-19(17,18)11-5-10-16-9-4-8-15-14(2,12-16)13-6-7-13/h13,15H,3-12H2,1-2H3. The number of nitrogens with zero attached hydrogens (tertiary/aromatic N) is 1. The quantitative estimate of drug-likeness (QED) is 0.800. The molecule has 1 saturated heterocycles. The van der Waals surface area contributed by atoms with E-state index < -0.39 is 9.84 Å². The summed E-state index contributed by atoms with van der Waals surface area (Å²) < 4.78 is 23.0. The van der Waals surface area contributed by atoms with E-state index in [1.807, 2.05) is 0 Å². The molecule has 0 amide bonds. The molecular weight excluding hydrogens is 260 g/mol. The van der Waals surface area contributed by atoms with E-state index in [4.69, 9.17) is 0 Å². The zero-order valence-electron chi connectivity index (χ0n) is 12.3. The molecule has 0 radical (unpaired) electrons. The molecule has 2 rings (SSSR count). The highest BCUT2D eigenvalue weighted by Crippen LogP contribution is 2.40. The number of nitrogens with one attached hydrogen (secondary N) is 1. The van der Waals surface area contributed by atoms with Crippen LogP contribution in [-0.2, 0) is 9.84 Å². The second-order valence-electron chi connectivity index (χ2n) is 6.34. The van der Waals surface area contributed by atoms with Crippen LogP contribution in [0.5, 0.6) is 0 Å². The Morgan fingerprint density at radius 1 is 1.37 bits per heavy atom. The lowest BCUT2D eigenvalue weighted by Gasteiger charge is -2.34. The molecule has 1 saturated carbocycles. The molecule has 1 N–H and O–H groups in total. The van der Waals surface area contributed by atoms with Gasteiger partial charge in [0.2, 0.25) is 0 Å². The number of hydrogen-bond acceptors (Lipinski definition) is 4. The third-order valence-corrected chi connectivity index (χ3v) is 6.37. The normalized spacial score (nSPS) is 30.2. The van der Waals surface area contributed by atoms with Gasteiger partial charge in [-0.2, -0.15) is 0 Å². The molecule has 0 spiro atoms. The highest BCUT2D eigenvalue weighted by Gasteiger charge is 2.42. The average Bonchev–Trinajstić information content (AvgIpc) is 3.17. The third kappa shape index (κ3) is 4.43. The Morgan fingerprint density at radius 2 is 2.11 bits per heavy atom. The van der Waals surface area contributed by atoms with E-state index in [9.17, 15) is 8.42 Å². The molecule has 0 aromatic rings. The largest absolute Gasteiger partial charge is 0.310 e. The minimum absolute atomic E-state index is 0.250. The van der Waals surface area contributed by atoms with Crippen molar-refractivity contribution in [2.75, 3.05) is 37.7 Å². The Balaban J connectivity index is 1.82. The maximum absolute atomic E-state index is 11.5. The van der Waals surface area contributed by atoms with Crippen molar-refractivity contribution in [2.24, 2.45) is 5.92 Å². The van der Waals surface area contributed by atoms with E-state index in [0.29, 0.717) is 5.75 Å². The topological polar surface area (TPSA) is 49.4 Å². The highest BCUT2D eigenvalue weighted by atomic mass is 32.2. The second kappa shape index (κ2) is 6.10. The summed E-state index contributed by atoms with van der Waals surface area (Å²) in [4.78, 5) is 2.46. The molecule has 2 aliphatic rings. The van der Waals surface area contributed by atoms with Crippen LogP contribution >= 0.6 is 0 Å². The monoisotopic (exact) mass is 288 g/mol. The minimum atomic E-state index is -2.80. The molecule has 1 atom stereocenters. The van der Waals surface area contributed by atoms with Gasteiger partial charge in [0.25, 0.3) is 0 Å². The van der Waals surface area contributed by atoms with Gasteiger partial charge in [-0.15, -0.1) is 0 Å². The smallest absolute Gasteiger partial charge is 0.150 e. The van der Waals surface area contributed by atoms with Gasteiger partial charge in [0.1, 0.15) is 9.84 Å². The van der Waals surface area contributed by atoms with Gasteiger partial charge in [-0.25, -0.2) is 8.42 Å². The molecular formula is C14H28N2O2S. The van der Waals surface area contributed by atoms with Gasteiger partial charge >= 0.3 is 0 Å². The van der Waals surface area contributed by atoms with Crippen LogP contribution in [0.4, 0.5) is 0 Å². The first-order valence-corrected chi connectivity index (χ1v) is 9.45. The molecule has 0 aromatic heterocycles. The van der Waals surface area contributed by atoms with Crippen molar-refractivity contribution in [1.29, 1.82) is 0 Å². The van der Waals surface area contributed by atoms with E-state index in [2.05, 4.69) is 17.1 Å². The molecule has 2 fully saturated rings. The fraction of sp³-hybridized carbons (Fsp3) is 1.00. The van der Waals surface area contributed by atoms with E-state index in [-0.39, 0.29) is 11.3 Å². The van der Waals surface area contributed by atoms with Crippen LogP contribution in [0, 0.1) is 5.92 Å². The van der Waals surface area contributed by atoms with Gasteiger partial charge < -0.3 is 10.2 Å². The first-order valence-electron chi connectivity index (χ1n) is 7.63. The molecule has 0 aromatic carbocycles. The molecule has 1 aliphatic heterocycles. The zero-order chi connectivity index (χ0) is 13.9. The number of hydrogen-bond donors (Lipinski definition) is 1. The van der Waals surface area contributed by atoms with Crippen molar-refractivity contribution in [3.05, 3.63) is 0 Å². The molecule has 4 nitrogen and oxygen atoms in total. The van der Waals surface area contributed by atoms with Crippen molar-refractivity contribution in [3.63, 3.8) is 0 Å². The van der Waals surface area contributed by atoms with Gasteiger partial charge in [-0.05, 0) is 58.2 Å². The number of sulfone groups is 1. The van der Waals surface area contributed by atoms with Crippen LogP contribution in [-0.4, -0.2) is 56.5 Å². The predicted molar refractivity (Wildman–Crippen MR) is 79.1 cm³/mol. The summed E-state index contributed by atoms with van der Waals surface area (Å²) in [6.45, 7) is 8.26. The Hall–Kier alpha value is -0.130. The van der Waals surface area contributed by atoms with Crippen molar-refractivity contribution in [1.82, 2.24) is 10.2 Å². The van der Waals surface area contributed by atoms with Crippen molar-refractivity contribution >= 4 is 9.84 Å². The fourth-order valence-corrected chi connectivity index (χ4v) is 3.97.